The summed E-state index contributed by atoms with van der Waals surface area (Å²) in [4.78, 5) is 30.1. The molecule has 1 heterocycles. The predicted octanol–water partition coefficient (Wildman–Crippen LogP) is 4.16. The lowest BCUT2D eigenvalue weighted by molar-refractivity contribution is -0.145. The Bertz CT molecular complexity index is 786. The average Bonchev–Trinajstić information content (AvgIpc) is 2.65. The number of hydrogen-bond donors (Lipinski definition) is 0. The Kier molecular flexibility index (Phi) is 5.50. The van der Waals surface area contributed by atoms with Gasteiger partial charge < -0.3 is 4.74 Å². The molecule has 1 aliphatic carbocycles. The van der Waals surface area contributed by atoms with Crippen molar-refractivity contribution >= 4 is 17.5 Å². The van der Waals surface area contributed by atoms with Gasteiger partial charge in [0, 0.05) is 29.3 Å². The van der Waals surface area contributed by atoms with Crippen LogP contribution < -0.4 is 0 Å². The number of aryl methyl sites for hydroxylation is 1. The molecule has 2 aliphatic rings. The first-order valence-electron chi connectivity index (χ1n) is 9.24. The largest absolute Gasteiger partial charge is 0.461 e. The molecule has 136 valence electrons. The van der Waals surface area contributed by atoms with Crippen LogP contribution in [-0.2, 0) is 20.7 Å². The molecule has 0 N–H and O–H groups in total. The zero-order valence-corrected chi connectivity index (χ0v) is 15.5. The lowest BCUT2D eigenvalue weighted by atomic mass is 9.71. The zero-order valence-electron chi connectivity index (χ0n) is 15.5. The van der Waals surface area contributed by atoms with E-state index in [1.807, 2.05) is 19.1 Å². The van der Waals surface area contributed by atoms with Crippen molar-refractivity contribution in [3.05, 3.63) is 59.3 Å². The number of rotatable bonds is 5. The molecule has 0 radical (unpaired) electrons. The fraction of sp³-hybridized carbons (Fsp3) is 0.409. The fourth-order valence-corrected chi connectivity index (χ4v) is 3.86. The Morgan fingerprint density at radius 3 is 2.69 bits per heavy atom. The first-order chi connectivity index (χ1) is 12.6. The van der Waals surface area contributed by atoms with E-state index in [0.29, 0.717) is 12.0 Å². The number of benzene rings is 1. The standard InChI is InChI=1S/C22H25NO3/c1-4-13-26-22(25)19-14(3)23-17-7-6-8-18(24)21(17)20(19)16-11-9-15(5-2)10-12-16/h4,9-12,19-20H,1,5-8,13H2,2-3H3/t19-,20+/m1/s1. The molecule has 1 aliphatic heterocycles. The lowest BCUT2D eigenvalue weighted by Crippen LogP contribution is -2.37. The van der Waals surface area contributed by atoms with Gasteiger partial charge in [-0.05, 0) is 37.3 Å². The topological polar surface area (TPSA) is 55.7 Å². The van der Waals surface area contributed by atoms with Gasteiger partial charge in [-0.2, -0.15) is 0 Å². The first-order valence-corrected chi connectivity index (χ1v) is 9.24. The SMILES string of the molecule is C=CCOC(=O)[C@@H]1C(C)=NC2=C(C(=O)CCC2)[C@H]1c1ccc(CC)cc1. The zero-order chi connectivity index (χ0) is 18.7. The van der Waals surface area contributed by atoms with Crippen LogP contribution in [0.25, 0.3) is 0 Å². The lowest BCUT2D eigenvalue weighted by Gasteiger charge is -2.34. The number of Topliss-reactive ketones (excluding diaryl/α,β-unsaturated/α-hetero) is 1. The molecule has 0 unspecified atom stereocenters. The smallest absolute Gasteiger partial charge is 0.315 e. The number of aliphatic imine (C=N–C) groups is 1. The summed E-state index contributed by atoms with van der Waals surface area (Å²) in [5, 5.41) is 0. The van der Waals surface area contributed by atoms with Crippen LogP contribution in [0, 0.1) is 5.92 Å². The Morgan fingerprint density at radius 2 is 2.04 bits per heavy atom. The molecule has 2 atom stereocenters. The minimum Gasteiger partial charge on any atom is -0.461 e. The number of carbonyl (C=O) groups is 2. The molecule has 4 nitrogen and oxygen atoms in total. The molecular weight excluding hydrogens is 326 g/mol. The van der Waals surface area contributed by atoms with Gasteiger partial charge in [-0.15, -0.1) is 0 Å². The molecular formula is C22H25NO3. The van der Waals surface area contributed by atoms with E-state index < -0.39 is 5.92 Å². The van der Waals surface area contributed by atoms with E-state index in [1.165, 1.54) is 5.56 Å². The van der Waals surface area contributed by atoms with Crippen LogP contribution in [0.5, 0.6) is 0 Å². The number of ketones is 1. The van der Waals surface area contributed by atoms with E-state index in [4.69, 9.17) is 4.74 Å². The average molecular weight is 351 g/mol. The first kappa shape index (κ1) is 18.3. The van der Waals surface area contributed by atoms with Gasteiger partial charge in [-0.3, -0.25) is 14.6 Å². The van der Waals surface area contributed by atoms with E-state index in [1.54, 1.807) is 6.08 Å². The van der Waals surface area contributed by atoms with Gasteiger partial charge in [0.15, 0.2) is 5.78 Å². The highest BCUT2D eigenvalue weighted by Gasteiger charge is 2.42. The minimum absolute atomic E-state index is 0.105. The maximum absolute atomic E-state index is 12.8. The molecule has 4 heteroatoms. The van der Waals surface area contributed by atoms with Crippen LogP contribution in [-0.4, -0.2) is 24.1 Å². The Hall–Kier alpha value is -2.49. The van der Waals surface area contributed by atoms with Gasteiger partial charge in [-0.1, -0.05) is 43.8 Å². The highest BCUT2D eigenvalue weighted by atomic mass is 16.5. The number of esters is 1. The minimum atomic E-state index is -0.566. The highest BCUT2D eigenvalue weighted by Crippen LogP contribution is 2.43. The fourth-order valence-electron chi connectivity index (χ4n) is 3.86. The molecule has 0 spiro atoms. The molecule has 0 fully saturated rings. The van der Waals surface area contributed by atoms with Crippen LogP contribution in [0.3, 0.4) is 0 Å². The number of allylic oxidation sites excluding steroid dienone is 2. The van der Waals surface area contributed by atoms with Crippen LogP contribution in [0.15, 0.2) is 53.2 Å². The van der Waals surface area contributed by atoms with Gasteiger partial charge in [-0.25, -0.2) is 0 Å². The quantitative estimate of drug-likeness (QED) is 0.591. The van der Waals surface area contributed by atoms with E-state index in [0.717, 1.165) is 36.2 Å². The van der Waals surface area contributed by atoms with Crippen LogP contribution in [0.4, 0.5) is 0 Å². The van der Waals surface area contributed by atoms with E-state index >= 15 is 0 Å². The van der Waals surface area contributed by atoms with Gasteiger partial charge in [0.05, 0.1) is 0 Å². The third-order valence-corrected chi connectivity index (χ3v) is 5.18. The molecule has 0 amide bonds. The van der Waals surface area contributed by atoms with Gasteiger partial charge in [0.2, 0.25) is 0 Å². The summed E-state index contributed by atoms with van der Waals surface area (Å²) in [6.07, 6.45) is 4.63. The van der Waals surface area contributed by atoms with Crippen molar-refractivity contribution in [3.8, 4) is 0 Å². The molecule has 0 aromatic heterocycles. The number of hydrogen-bond acceptors (Lipinski definition) is 4. The number of nitrogens with zero attached hydrogens (tertiary/aromatic N) is 1. The molecule has 0 saturated heterocycles. The summed E-state index contributed by atoms with van der Waals surface area (Å²) in [6, 6.07) is 8.19. The second kappa shape index (κ2) is 7.81. The van der Waals surface area contributed by atoms with Crippen LogP contribution in [0.1, 0.15) is 50.2 Å². The molecule has 1 aromatic carbocycles. The van der Waals surface area contributed by atoms with Crippen molar-refractivity contribution in [2.24, 2.45) is 10.9 Å². The summed E-state index contributed by atoms with van der Waals surface area (Å²) in [5.74, 6) is -1.13. The second-order valence-electron chi connectivity index (χ2n) is 6.86. The van der Waals surface area contributed by atoms with Gasteiger partial charge in [0.25, 0.3) is 0 Å². The maximum atomic E-state index is 12.8. The Balaban J connectivity index is 2.08. The number of ether oxygens (including phenoxy) is 1. The van der Waals surface area contributed by atoms with Gasteiger partial charge >= 0.3 is 5.97 Å². The van der Waals surface area contributed by atoms with Crippen molar-refractivity contribution in [3.63, 3.8) is 0 Å². The third-order valence-electron chi connectivity index (χ3n) is 5.18. The monoisotopic (exact) mass is 351 g/mol. The van der Waals surface area contributed by atoms with Crippen LogP contribution in [0.2, 0.25) is 0 Å². The predicted molar refractivity (Wildman–Crippen MR) is 102 cm³/mol. The Labute approximate surface area is 154 Å². The summed E-state index contributed by atoms with van der Waals surface area (Å²) in [7, 11) is 0. The van der Waals surface area contributed by atoms with Crippen LogP contribution >= 0.6 is 0 Å². The van der Waals surface area contributed by atoms with Crippen molar-refractivity contribution in [2.75, 3.05) is 6.61 Å². The normalized spacial score (nSPS) is 22.5. The summed E-state index contributed by atoms with van der Waals surface area (Å²) < 4.78 is 5.34. The van der Waals surface area contributed by atoms with Gasteiger partial charge in [0.1, 0.15) is 12.5 Å². The summed E-state index contributed by atoms with van der Waals surface area (Å²) in [6.45, 7) is 7.72. The van der Waals surface area contributed by atoms with Crippen molar-refractivity contribution in [1.29, 1.82) is 0 Å². The molecule has 1 aromatic rings. The Morgan fingerprint density at radius 1 is 1.31 bits per heavy atom. The molecule has 0 saturated carbocycles. The summed E-state index contributed by atoms with van der Waals surface area (Å²) in [5.41, 5.74) is 4.46. The van der Waals surface area contributed by atoms with E-state index in [2.05, 4.69) is 30.6 Å². The highest BCUT2D eigenvalue weighted by molar-refractivity contribution is 6.08. The molecule has 26 heavy (non-hydrogen) atoms. The maximum Gasteiger partial charge on any atom is 0.315 e. The second-order valence-corrected chi connectivity index (χ2v) is 6.86. The molecule has 0 bridgehead atoms. The van der Waals surface area contributed by atoms with Crippen molar-refractivity contribution < 1.29 is 14.3 Å². The van der Waals surface area contributed by atoms with Crippen molar-refractivity contribution in [2.45, 2.75) is 45.4 Å². The summed E-state index contributed by atoms with van der Waals surface area (Å²) >= 11 is 0. The van der Waals surface area contributed by atoms with Crippen molar-refractivity contribution in [1.82, 2.24) is 0 Å². The van der Waals surface area contributed by atoms with E-state index in [-0.39, 0.29) is 24.3 Å². The molecule has 3 rings (SSSR count). The van der Waals surface area contributed by atoms with E-state index in [9.17, 15) is 9.59 Å². The third kappa shape index (κ3) is 3.41. The number of carbonyl (C=O) groups excluding carboxylic acids is 2.